The van der Waals surface area contributed by atoms with Gasteiger partial charge in [0.25, 0.3) is 5.91 Å². The zero-order chi connectivity index (χ0) is 21.1. The van der Waals surface area contributed by atoms with Crippen molar-refractivity contribution in [3.63, 3.8) is 0 Å². The van der Waals surface area contributed by atoms with Crippen LogP contribution in [-0.2, 0) is 20.7 Å². The number of benzene rings is 2. The third kappa shape index (κ3) is 8.10. The van der Waals surface area contributed by atoms with Gasteiger partial charge < -0.3 is 10.1 Å². The topological polar surface area (TPSA) is 96.5 Å². The van der Waals surface area contributed by atoms with Crippen molar-refractivity contribution >= 4 is 35.1 Å². The standard InChI is InChI=1S/C21H23N3O4S/c1-15-7-5-6-10-17(15)20(27)23-24-21(29)22-18(25)11-12-19(26)28-14-13-16-8-3-2-4-9-16/h2-10H,11-14H2,1H3,(H,23,27)(H2,22,24,25,29). The van der Waals surface area contributed by atoms with Gasteiger partial charge in [-0.1, -0.05) is 48.5 Å². The van der Waals surface area contributed by atoms with E-state index >= 15 is 0 Å². The van der Waals surface area contributed by atoms with E-state index in [0.29, 0.717) is 12.0 Å². The number of rotatable bonds is 7. The highest BCUT2D eigenvalue weighted by molar-refractivity contribution is 7.80. The first kappa shape index (κ1) is 22.0. The molecule has 2 amide bonds. The van der Waals surface area contributed by atoms with Gasteiger partial charge in [-0.05, 0) is 36.3 Å². The van der Waals surface area contributed by atoms with Gasteiger partial charge in [-0.25, -0.2) is 0 Å². The van der Waals surface area contributed by atoms with Crippen LogP contribution in [0.15, 0.2) is 54.6 Å². The van der Waals surface area contributed by atoms with E-state index in [0.717, 1.165) is 11.1 Å². The summed E-state index contributed by atoms with van der Waals surface area (Å²) in [7, 11) is 0. The summed E-state index contributed by atoms with van der Waals surface area (Å²) in [5.41, 5.74) is 7.26. The number of carbonyl (C=O) groups is 3. The molecule has 8 heteroatoms. The zero-order valence-electron chi connectivity index (χ0n) is 16.1. The fourth-order valence-electron chi connectivity index (χ4n) is 2.44. The highest BCUT2D eigenvalue weighted by Gasteiger charge is 2.11. The Morgan fingerprint density at radius 1 is 0.931 bits per heavy atom. The number of thiocarbonyl (C=S) groups is 1. The van der Waals surface area contributed by atoms with E-state index in [2.05, 4.69) is 16.2 Å². The third-order valence-corrected chi connectivity index (χ3v) is 4.19. The second-order valence-corrected chi connectivity index (χ2v) is 6.64. The minimum atomic E-state index is -0.456. The van der Waals surface area contributed by atoms with E-state index < -0.39 is 11.9 Å². The summed E-state index contributed by atoms with van der Waals surface area (Å²) < 4.78 is 5.12. The SMILES string of the molecule is Cc1ccccc1C(=O)NNC(=S)NC(=O)CCC(=O)OCCc1ccccc1. The summed E-state index contributed by atoms with van der Waals surface area (Å²) in [6.07, 6.45) is 0.490. The number of carbonyl (C=O) groups excluding carboxylic acids is 3. The highest BCUT2D eigenvalue weighted by Crippen LogP contribution is 2.05. The van der Waals surface area contributed by atoms with E-state index in [9.17, 15) is 14.4 Å². The summed E-state index contributed by atoms with van der Waals surface area (Å²) in [4.78, 5) is 35.6. The van der Waals surface area contributed by atoms with Gasteiger partial charge in [0.05, 0.1) is 13.0 Å². The van der Waals surface area contributed by atoms with Crippen molar-refractivity contribution in [3.8, 4) is 0 Å². The lowest BCUT2D eigenvalue weighted by Gasteiger charge is -2.11. The molecular formula is C21H23N3O4S. The molecule has 7 nitrogen and oxygen atoms in total. The minimum absolute atomic E-state index is 0.0567. The normalized spacial score (nSPS) is 9.97. The minimum Gasteiger partial charge on any atom is -0.465 e. The van der Waals surface area contributed by atoms with Crippen molar-refractivity contribution in [3.05, 3.63) is 71.3 Å². The third-order valence-electron chi connectivity index (χ3n) is 3.99. The molecule has 0 radical (unpaired) electrons. The summed E-state index contributed by atoms with van der Waals surface area (Å²) in [5, 5.41) is 2.34. The number of nitrogens with one attached hydrogen (secondary N) is 3. The summed E-state index contributed by atoms with van der Waals surface area (Å²) in [6, 6.07) is 16.7. The van der Waals surface area contributed by atoms with Crippen LogP contribution >= 0.6 is 12.2 Å². The molecule has 0 saturated carbocycles. The van der Waals surface area contributed by atoms with E-state index in [1.165, 1.54) is 0 Å². The van der Waals surface area contributed by atoms with Crippen LogP contribution in [0.2, 0.25) is 0 Å². The molecule has 0 bridgehead atoms. The van der Waals surface area contributed by atoms with Crippen LogP contribution in [0.1, 0.15) is 34.3 Å². The van der Waals surface area contributed by atoms with Crippen molar-refractivity contribution in [1.29, 1.82) is 0 Å². The van der Waals surface area contributed by atoms with Crippen molar-refractivity contribution in [1.82, 2.24) is 16.2 Å². The van der Waals surface area contributed by atoms with Crippen LogP contribution in [-0.4, -0.2) is 29.5 Å². The van der Waals surface area contributed by atoms with Gasteiger partial charge in [0.2, 0.25) is 5.91 Å². The number of hydrazine groups is 1. The largest absolute Gasteiger partial charge is 0.465 e. The molecule has 0 aromatic heterocycles. The predicted molar refractivity (Wildman–Crippen MR) is 113 cm³/mol. The van der Waals surface area contributed by atoms with Crippen molar-refractivity contribution in [2.45, 2.75) is 26.2 Å². The van der Waals surface area contributed by atoms with Crippen molar-refractivity contribution in [2.75, 3.05) is 6.61 Å². The smallest absolute Gasteiger partial charge is 0.306 e. The van der Waals surface area contributed by atoms with Crippen LogP contribution in [0.4, 0.5) is 0 Å². The van der Waals surface area contributed by atoms with E-state index in [4.69, 9.17) is 17.0 Å². The summed E-state index contributed by atoms with van der Waals surface area (Å²) >= 11 is 4.96. The monoisotopic (exact) mass is 413 g/mol. The Morgan fingerprint density at radius 2 is 1.62 bits per heavy atom. The first-order valence-corrected chi connectivity index (χ1v) is 9.52. The second-order valence-electron chi connectivity index (χ2n) is 6.23. The number of aryl methyl sites for hydroxylation is 1. The zero-order valence-corrected chi connectivity index (χ0v) is 16.9. The van der Waals surface area contributed by atoms with Crippen molar-refractivity contribution in [2.24, 2.45) is 0 Å². The molecule has 0 atom stereocenters. The van der Waals surface area contributed by atoms with Crippen molar-refractivity contribution < 1.29 is 19.1 Å². The molecule has 2 aromatic rings. The molecule has 0 aliphatic heterocycles. The van der Waals surface area contributed by atoms with Gasteiger partial charge in [-0.15, -0.1) is 0 Å². The van der Waals surface area contributed by atoms with Crippen LogP contribution < -0.4 is 16.2 Å². The van der Waals surface area contributed by atoms with E-state index in [1.807, 2.05) is 49.4 Å². The molecule has 3 N–H and O–H groups in total. The molecule has 2 aromatic carbocycles. The molecule has 0 aliphatic carbocycles. The van der Waals surface area contributed by atoms with Crippen LogP contribution in [0.25, 0.3) is 0 Å². The fourth-order valence-corrected chi connectivity index (χ4v) is 2.61. The van der Waals surface area contributed by atoms with Gasteiger partial charge in [-0.3, -0.25) is 25.2 Å². The molecule has 0 unspecified atom stereocenters. The average molecular weight is 413 g/mol. The lowest BCUT2D eigenvalue weighted by molar-refractivity contribution is -0.144. The van der Waals surface area contributed by atoms with Gasteiger partial charge in [0, 0.05) is 18.4 Å². The maximum atomic E-state index is 12.1. The molecule has 29 heavy (non-hydrogen) atoms. The Kier molecular flexibility index (Phi) is 8.78. The lowest BCUT2D eigenvalue weighted by atomic mass is 10.1. The Morgan fingerprint density at radius 3 is 2.34 bits per heavy atom. The quantitative estimate of drug-likeness (QED) is 0.366. The number of ether oxygens (including phenoxy) is 1. The first-order valence-electron chi connectivity index (χ1n) is 9.11. The molecule has 0 spiro atoms. The predicted octanol–water partition coefficient (Wildman–Crippen LogP) is 2.20. The van der Waals surface area contributed by atoms with Gasteiger partial charge in [-0.2, -0.15) is 0 Å². The number of esters is 1. The average Bonchev–Trinajstić information content (AvgIpc) is 2.71. The van der Waals surface area contributed by atoms with E-state index in [1.54, 1.807) is 12.1 Å². The van der Waals surface area contributed by atoms with Crippen LogP contribution in [0.5, 0.6) is 0 Å². The molecule has 0 saturated heterocycles. The van der Waals surface area contributed by atoms with E-state index in [-0.39, 0.29) is 30.5 Å². The Labute approximate surface area is 174 Å². The van der Waals surface area contributed by atoms with Gasteiger partial charge in [0.1, 0.15) is 0 Å². The maximum Gasteiger partial charge on any atom is 0.306 e. The lowest BCUT2D eigenvalue weighted by Crippen LogP contribution is -2.48. The summed E-state index contributed by atoms with van der Waals surface area (Å²) in [6.45, 7) is 2.07. The highest BCUT2D eigenvalue weighted by atomic mass is 32.1. The Bertz CT molecular complexity index is 871. The Balaban J connectivity index is 1.61. The molecule has 0 heterocycles. The number of hydrogen-bond donors (Lipinski definition) is 3. The second kappa shape index (κ2) is 11.6. The van der Waals surface area contributed by atoms with Crippen LogP contribution in [0.3, 0.4) is 0 Å². The molecule has 152 valence electrons. The molecule has 2 rings (SSSR count). The molecule has 0 fully saturated rings. The summed E-state index contributed by atoms with van der Waals surface area (Å²) in [5.74, 6) is -1.28. The molecule has 0 aliphatic rings. The van der Waals surface area contributed by atoms with Gasteiger partial charge >= 0.3 is 5.97 Å². The fraction of sp³-hybridized carbons (Fsp3) is 0.238. The van der Waals surface area contributed by atoms with Gasteiger partial charge in [0.15, 0.2) is 5.11 Å². The Hall–Kier alpha value is -3.26. The number of hydrogen-bond acceptors (Lipinski definition) is 5. The first-order chi connectivity index (χ1) is 14.0. The molecular weight excluding hydrogens is 390 g/mol. The number of amides is 2. The maximum absolute atomic E-state index is 12.1. The van der Waals surface area contributed by atoms with Crippen LogP contribution in [0, 0.1) is 6.92 Å².